The first-order valence-electron chi connectivity index (χ1n) is 26.1. The van der Waals surface area contributed by atoms with E-state index in [1.807, 2.05) is 11.3 Å². The van der Waals surface area contributed by atoms with Crippen LogP contribution in [0.1, 0.15) is 154 Å². The number of hydrogen-bond donors (Lipinski definition) is 0. The minimum absolute atomic E-state index is 0.00247. The molecule has 14 rings (SSSR count). The van der Waals surface area contributed by atoms with Crippen molar-refractivity contribution in [1.29, 1.82) is 0 Å². The molecule has 9 aromatic rings. The maximum absolute atomic E-state index is 2.83. The Hall–Kier alpha value is -5.84. The summed E-state index contributed by atoms with van der Waals surface area (Å²) < 4.78 is 5.62. The van der Waals surface area contributed by atoms with E-state index < -0.39 is 0 Å². The van der Waals surface area contributed by atoms with Crippen molar-refractivity contribution in [2.75, 3.05) is 4.81 Å². The zero-order valence-corrected chi connectivity index (χ0v) is 44.6. The maximum Gasteiger partial charge on any atom is 0.343 e. The molecule has 3 aliphatic carbocycles. The number of fused-ring (bicyclic) bond motifs is 19. The van der Waals surface area contributed by atoms with Gasteiger partial charge in [0.05, 0.1) is 16.7 Å². The van der Waals surface area contributed by atoms with E-state index in [1.165, 1.54) is 150 Å². The Morgan fingerprint density at radius 1 is 0.529 bits per heavy atom. The predicted molar refractivity (Wildman–Crippen MR) is 303 cm³/mol. The van der Waals surface area contributed by atoms with Gasteiger partial charge in [0.15, 0.2) is 0 Å². The molecule has 0 amide bonds. The zero-order valence-electron chi connectivity index (χ0n) is 43.8. The highest BCUT2D eigenvalue weighted by Crippen LogP contribution is 2.62. The van der Waals surface area contributed by atoms with Crippen molar-refractivity contribution in [3.63, 3.8) is 0 Å². The molecular formula is C66H65BN2S. The Bertz CT molecular complexity index is 3850. The Labute approximate surface area is 419 Å². The van der Waals surface area contributed by atoms with E-state index >= 15 is 0 Å². The van der Waals surface area contributed by atoms with Crippen LogP contribution in [0.25, 0.3) is 71.0 Å². The molecule has 0 bridgehead atoms. The molecule has 4 heteroatoms. The first kappa shape index (κ1) is 43.0. The summed E-state index contributed by atoms with van der Waals surface area (Å²) in [4.78, 5) is 2.80. The van der Waals surface area contributed by atoms with Crippen molar-refractivity contribution in [2.45, 2.75) is 142 Å². The van der Waals surface area contributed by atoms with Crippen LogP contribution in [-0.4, -0.2) is 11.4 Å². The van der Waals surface area contributed by atoms with E-state index in [0.717, 1.165) is 0 Å². The summed E-state index contributed by atoms with van der Waals surface area (Å²) >= 11 is 2.03. The van der Waals surface area contributed by atoms with Gasteiger partial charge < -0.3 is 9.38 Å². The molecule has 0 N–H and O–H groups in total. The fourth-order valence-corrected chi connectivity index (χ4v) is 15.7. The lowest BCUT2D eigenvalue weighted by atomic mass is 9.46. The van der Waals surface area contributed by atoms with Gasteiger partial charge in [-0.05, 0) is 161 Å². The zero-order chi connectivity index (χ0) is 48.7. The summed E-state index contributed by atoms with van der Waals surface area (Å²) in [5.41, 5.74) is 27.8. The molecule has 4 heterocycles. The Morgan fingerprint density at radius 2 is 1.14 bits per heavy atom. The molecule has 348 valence electrons. The Balaban J connectivity index is 1.25. The van der Waals surface area contributed by atoms with Gasteiger partial charge in [0.1, 0.15) is 0 Å². The number of anilines is 2. The summed E-state index contributed by atoms with van der Waals surface area (Å²) in [7, 11) is 0. The smallest absolute Gasteiger partial charge is 0.343 e. The van der Waals surface area contributed by atoms with Crippen LogP contribution in [0, 0.1) is 0 Å². The third-order valence-electron chi connectivity index (χ3n) is 18.5. The Kier molecular flexibility index (Phi) is 8.09. The second-order valence-electron chi connectivity index (χ2n) is 26.4. The number of rotatable bonds is 1. The molecule has 0 unspecified atom stereocenters. The molecule has 2 aromatic heterocycles. The molecule has 0 atom stereocenters. The normalized spacial score (nSPS) is 18.1. The van der Waals surface area contributed by atoms with Gasteiger partial charge in [-0.1, -0.05) is 164 Å². The maximum atomic E-state index is 2.83. The molecule has 5 aliphatic rings. The molecule has 7 aromatic carbocycles. The first-order valence-corrected chi connectivity index (χ1v) is 26.9. The number of benzene rings is 7. The van der Waals surface area contributed by atoms with Gasteiger partial charge in [-0.2, -0.15) is 0 Å². The van der Waals surface area contributed by atoms with E-state index in [9.17, 15) is 0 Å². The van der Waals surface area contributed by atoms with E-state index in [4.69, 9.17) is 0 Å². The molecule has 2 aliphatic heterocycles. The van der Waals surface area contributed by atoms with Crippen LogP contribution in [0.2, 0.25) is 0 Å². The predicted octanol–water partition coefficient (Wildman–Crippen LogP) is 16.8. The first-order chi connectivity index (χ1) is 33.0. The van der Waals surface area contributed by atoms with Crippen LogP contribution in [0.3, 0.4) is 0 Å². The third kappa shape index (κ3) is 5.27. The van der Waals surface area contributed by atoms with Crippen molar-refractivity contribution in [3.05, 3.63) is 160 Å². The largest absolute Gasteiger partial charge is 0.376 e. The molecule has 2 nitrogen and oxygen atoms in total. The molecule has 0 saturated heterocycles. The summed E-state index contributed by atoms with van der Waals surface area (Å²) in [6.07, 6.45) is 2.36. The summed E-state index contributed by atoms with van der Waals surface area (Å²) in [5, 5.41) is 4.24. The van der Waals surface area contributed by atoms with Gasteiger partial charge in [-0.15, -0.1) is 11.3 Å². The molecular weight excluding hydrogens is 864 g/mol. The topological polar surface area (TPSA) is 8.17 Å². The molecule has 0 saturated carbocycles. The lowest BCUT2D eigenvalue weighted by Gasteiger charge is -2.43. The minimum Gasteiger partial charge on any atom is -0.376 e. The average Bonchev–Trinajstić information content (AvgIpc) is 3.99. The fourth-order valence-electron chi connectivity index (χ4n) is 14.5. The van der Waals surface area contributed by atoms with E-state index in [1.54, 1.807) is 0 Å². The third-order valence-corrected chi connectivity index (χ3v) is 19.7. The lowest BCUT2D eigenvalue weighted by molar-refractivity contribution is 0.332. The van der Waals surface area contributed by atoms with E-state index in [0.29, 0.717) is 0 Å². The van der Waals surface area contributed by atoms with Crippen molar-refractivity contribution in [1.82, 2.24) is 4.57 Å². The highest BCUT2D eigenvalue weighted by molar-refractivity contribution is 7.32. The minimum atomic E-state index is -0.248. The van der Waals surface area contributed by atoms with Gasteiger partial charge in [0, 0.05) is 53.4 Å². The van der Waals surface area contributed by atoms with Crippen LogP contribution in [0.4, 0.5) is 11.4 Å². The molecule has 0 spiro atoms. The standard InChI is InChI=1S/C66H65BN2S/c1-61(2,3)36-23-26-38(27-24-36)69-51-34-47-41(39-19-15-17-21-45(39)65(47,11)12)32-42(51)54-53-40-20-16-18-22-46(40)66(13,14)56(53)55-43-33-48-49(64(9,10)30-29-63(48,7)8)35-50(43)68-58-44-31-37(62(4,5)6)25-28-52(44)70-60(58)67(69)57(54)59(55)68/h15-28,31-35H,29-30H2,1-14H3. The van der Waals surface area contributed by atoms with Gasteiger partial charge in [0.2, 0.25) is 0 Å². The fraction of sp³-hybridized carbons (Fsp3) is 0.333. The SMILES string of the molecule is CC(C)(C)c1ccc(N2B3c4sc5ccc(C(C)(C)C)cc5c4-n4c5cc6c(cc5c5c7c(c(c3c54)-c3cc4c(cc32)C(C)(C)c2ccccc2-4)-c2ccccc2C7(C)C)C(C)(C)CCC6(C)C)cc1. The van der Waals surface area contributed by atoms with Crippen LogP contribution in [-0.2, 0) is 32.5 Å². The van der Waals surface area contributed by atoms with Crippen molar-refractivity contribution >= 4 is 71.7 Å². The second kappa shape index (κ2) is 13.2. The number of aromatic nitrogens is 1. The lowest BCUT2D eigenvalue weighted by Crippen LogP contribution is -2.59. The van der Waals surface area contributed by atoms with Gasteiger partial charge in [-0.3, -0.25) is 0 Å². The van der Waals surface area contributed by atoms with Crippen molar-refractivity contribution < 1.29 is 0 Å². The van der Waals surface area contributed by atoms with Crippen LogP contribution in [0.5, 0.6) is 0 Å². The highest BCUT2D eigenvalue weighted by atomic mass is 32.1. The van der Waals surface area contributed by atoms with Gasteiger partial charge >= 0.3 is 6.85 Å². The van der Waals surface area contributed by atoms with Crippen LogP contribution in [0.15, 0.2) is 115 Å². The molecule has 0 radical (unpaired) electrons. The second-order valence-corrected chi connectivity index (χ2v) is 27.5. The van der Waals surface area contributed by atoms with E-state index in [-0.39, 0.29) is 39.3 Å². The van der Waals surface area contributed by atoms with Gasteiger partial charge in [0.25, 0.3) is 0 Å². The number of nitrogens with zero attached hydrogens (tertiary/aromatic N) is 2. The molecule has 0 fully saturated rings. The van der Waals surface area contributed by atoms with Crippen LogP contribution < -0.4 is 15.1 Å². The summed E-state index contributed by atoms with van der Waals surface area (Å²) in [5.74, 6) is 0. The highest BCUT2D eigenvalue weighted by Gasteiger charge is 2.52. The van der Waals surface area contributed by atoms with Crippen molar-refractivity contribution in [3.8, 4) is 39.1 Å². The monoisotopic (exact) mass is 928 g/mol. The van der Waals surface area contributed by atoms with Crippen molar-refractivity contribution in [2.24, 2.45) is 0 Å². The molecule has 70 heavy (non-hydrogen) atoms. The number of thiophene rings is 1. The van der Waals surface area contributed by atoms with E-state index in [2.05, 4.69) is 222 Å². The number of hydrogen-bond acceptors (Lipinski definition) is 2. The van der Waals surface area contributed by atoms with Gasteiger partial charge in [-0.25, -0.2) is 0 Å². The quantitative estimate of drug-likeness (QED) is 0.149. The average molecular weight is 929 g/mol. The van der Waals surface area contributed by atoms with Crippen LogP contribution >= 0.6 is 11.3 Å². The summed E-state index contributed by atoms with van der Waals surface area (Å²) in [6, 6.07) is 46.5. The summed E-state index contributed by atoms with van der Waals surface area (Å²) in [6.45, 7) is 34.0. The Morgan fingerprint density at radius 3 is 1.81 bits per heavy atom.